The molecule has 1 rings (SSSR count). The number of anilines is 1. The van der Waals surface area contributed by atoms with Crippen LogP contribution in [0.1, 0.15) is 18.9 Å². The van der Waals surface area contributed by atoms with Crippen molar-refractivity contribution in [3.05, 3.63) is 22.8 Å². The van der Waals surface area contributed by atoms with Gasteiger partial charge in [-0.1, -0.05) is 18.5 Å². The second-order valence-electron chi connectivity index (χ2n) is 3.48. The minimum absolute atomic E-state index is 0.119. The fourth-order valence-electron chi connectivity index (χ4n) is 1.17. The molecule has 0 aliphatic heterocycles. The molecule has 0 aromatic carbocycles. The van der Waals surface area contributed by atoms with Gasteiger partial charge in [0.05, 0.1) is 23.2 Å². The fourth-order valence-corrected chi connectivity index (χ4v) is 1.39. The summed E-state index contributed by atoms with van der Waals surface area (Å²) in [6.45, 7) is 1.68. The summed E-state index contributed by atoms with van der Waals surface area (Å²) < 4.78 is 37.0. The number of aromatic nitrogens is 1. The zero-order chi connectivity index (χ0) is 13.1. The maximum atomic E-state index is 12.3. The number of aliphatic hydroxyl groups is 1. The summed E-state index contributed by atoms with van der Waals surface area (Å²) in [6.07, 6.45) is -3.15. The first kappa shape index (κ1) is 14.1. The Balaban J connectivity index is 2.90. The first-order chi connectivity index (χ1) is 7.88. The van der Waals surface area contributed by atoms with E-state index < -0.39 is 11.7 Å². The molecule has 0 fully saturated rings. The first-order valence-corrected chi connectivity index (χ1v) is 5.36. The number of rotatable bonds is 4. The van der Waals surface area contributed by atoms with Crippen molar-refractivity contribution in [1.29, 1.82) is 0 Å². The highest BCUT2D eigenvalue weighted by Crippen LogP contribution is 2.32. The lowest BCUT2D eigenvalue weighted by molar-refractivity contribution is -0.137. The number of halogens is 4. The van der Waals surface area contributed by atoms with Crippen LogP contribution in [0.5, 0.6) is 0 Å². The van der Waals surface area contributed by atoms with Crippen molar-refractivity contribution in [2.24, 2.45) is 0 Å². The van der Waals surface area contributed by atoms with Crippen LogP contribution in [0, 0.1) is 0 Å². The predicted octanol–water partition coefficient (Wildman–Crippen LogP) is 2.94. The molecular weight excluding hydrogens is 257 g/mol. The van der Waals surface area contributed by atoms with E-state index in [1.807, 2.05) is 6.92 Å². The third-order valence-electron chi connectivity index (χ3n) is 2.22. The van der Waals surface area contributed by atoms with Crippen LogP contribution in [0.15, 0.2) is 12.3 Å². The fraction of sp³-hybridized carbons (Fsp3) is 0.500. The van der Waals surface area contributed by atoms with Crippen molar-refractivity contribution >= 4 is 17.4 Å². The van der Waals surface area contributed by atoms with Gasteiger partial charge in [-0.3, -0.25) is 0 Å². The number of aliphatic hydroxyl groups excluding tert-OH is 1. The second kappa shape index (κ2) is 5.55. The van der Waals surface area contributed by atoms with E-state index >= 15 is 0 Å². The van der Waals surface area contributed by atoms with Gasteiger partial charge in [-0.15, -0.1) is 0 Å². The van der Waals surface area contributed by atoms with Crippen LogP contribution in [0.25, 0.3) is 0 Å². The predicted molar refractivity (Wildman–Crippen MR) is 59.0 cm³/mol. The molecule has 3 nitrogen and oxygen atoms in total. The summed E-state index contributed by atoms with van der Waals surface area (Å²) in [5.74, 6) is 0.139. The lowest BCUT2D eigenvalue weighted by Gasteiger charge is -2.16. The monoisotopic (exact) mass is 268 g/mol. The molecule has 7 heteroatoms. The van der Waals surface area contributed by atoms with Gasteiger partial charge < -0.3 is 10.4 Å². The first-order valence-electron chi connectivity index (χ1n) is 4.98. The average Bonchev–Trinajstić information content (AvgIpc) is 2.26. The Morgan fingerprint density at radius 1 is 1.53 bits per heavy atom. The van der Waals surface area contributed by atoms with Crippen molar-refractivity contribution in [2.75, 3.05) is 11.9 Å². The van der Waals surface area contributed by atoms with Gasteiger partial charge in [0.25, 0.3) is 0 Å². The van der Waals surface area contributed by atoms with Crippen LogP contribution in [0.4, 0.5) is 19.0 Å². The minimum atomic E-state index is -4.46. The zero-order valence-corrected chi connectivity index (χ0v) is 9.81. The van der Waals surface area contributed by atoms with Crippen LogP contribution in [0.3, 0.4) is 0 Å². The van der Waals surface area contributed by atoms with Crippen LogP contribution in [-0.2, 0) is 6.18 Å². The number of hydrogen-bond acceptors (Lipinski definition) is 3. The molecule has 1 heterocycles. The Morgan fingerprint density at radius 2 is 2.18 bits per heavy atom. The molecule has 0 bridgehead atoms. The Labute approximate surface area is 102 Å². The lowest BCUT2D eigenvalue weighted by Crippen LogP contribution is -2.23. The molecule has 1 aromatic rings. The molecule has 0 saturated heterocycles. The van der Waals surface area contributed by atoms with Crippen molar-refractivity contribution in [3.8, 4) is 0 Å². The van der Waals surface area contributed by atoms with Gasteiger partial charge in [-0.2, -0.15) is 13.2 Å². The maximum absolute atomic E-state index is 12.3. The number of nitrogens with zero attached hydrogens (tertiary/aromatic N) is 1. The van der Waals surface area contributed by atoms with E-state index in [9.17, 15) is 13.2 Å². The summed E-state index contributed by atoms with van der Waals surface area (Å²) in [7, 11) is 0. The topological polar surface area (TPSA) is 45.1 Å². The van der Waals surface area contributed by atoms with Gasteiger partial charge in [-0.05, 0) is 12.5 Å². The number of pyridine rings is 1. The van der Waals surface area contributed by atoms with Crippen molar-refractivity contribution in [1.82, 2.24) is 4.98 Å². The molecule has 0 radical (unpaired) electrons. The largest absolute Gasteiger partial charge is 0.417 e. The summed E-state index contributed by atoms with van der Waals surface area (Å²) in [4.78, 5) is 3.61. The second-order valence-corrected chi connectivity index (χ2v) is 3.89. The average molecular weight is 269 g/mol. The summed E-state index contributed by atoms with van der Waals surface area (Å²) in [5, 5.41) is 11.6. The Kier molecular flexibility index (Phi) is 4.59. The summed E-state index contributed by atoms with van der Waals surface area (Å²) in [5.41, 5.74) is -0.898. The number of nitrogens with one attached hydrogen (secondary N) is 1. The highest BCUT2D eigenvalue weighted by Gasteiger charge is 2.31. The van der Waals surface area contributed by atoms with Gasteiger partial charge in [0, 0.05) is 6.20 Å². The zero-order valence-electron chi connectivity index (χ0n) is 9.05. The molecule has 0 spiro atoms. The smallest absolute Gasteiger partial charge is 0.394 e. The van der Waals surface area contributed by atoms with E-state index in [2.05, 4.69) is 10.3 Å². The molecular formula is C10H12ClF3N2O. The van der Waals surface area contributed by atoms with E-state index in [4.69, 9.17) is 16.7 Å². The molecule has 0 aliphatic carbocycles. The molecule has 1 unspecified atom stereocenters. The molecule has 1 aromatic heterocycles. The van der Waals surface area contributed by atoms with Crippen LogP contribution < -0.4 is 5.32 Å². The minimum Gasteiger partial charge on any atom is -0.394 e. The van der Waals surface area contributed by atoms with E-state index in [0.717, 1.165) is 6.07 Å². The molecule has 0 amide bonds. The highest BCUT2D eigenvalue weighted by atomic mass is 35.5. The molecule has 96 valence electrons. The highest BCUT2D eigenvalue weighted by molar-refractivity contribution is 6.32. The van der Waals surface area contributed by atoms with Gasteiger partial charge in [0.2, 0.25) is 0 Å². The summed E-state index contributed by atoms with van der Waals surface area (Å²) >= 11 is 5.69. The van der Waals surface area contributed by atoms with Gasteiger partial charge >= 0.3 is 6.18 Å². The van der Waals surface area contributed by atoms with Crippen molar-refractivity contribution in [2.45, 2.75) is 25.6 Å². The maximum Gasteiger partial charge on any atom is 0.417 e. The quantitative estimate of drug-likeness (QED) is 0.882. The van der Waals surface area contributed by atoms with Gasteiger partial charge in [-0.25, -0.2) is 4.98 Å². The SMILES string of the molecule is CCC(CO)Nc1ncc(C(F)(F)F)cc1Cl. The summed E-state index contributed by atoms with van der Waals surface area (Å²) in [6, 6.07) is 0.526. The van der Waals surface area contributed by atoms with E-state index in [1.165, 1.54) is 0 Å². The molecule has 2 N–H and O–H groups in total. The third-order valence-corrected chi connectivity index (χ3v) is 2.51. The van der Waals surface area contributed by atoms with Crippen molar-refractivity contribution in [3.63, 3.8) is 0 Å². The van der Waals surface area contributed by atoms with E-state index in [-0.39, 0.29) is 23.5 Å². The molecule has 0 saturated carbocycles. The Hall–Kier alpha value is -1.01. The van der Waals surface area contributed by atoms with Gasteiger partial charge in [0.15, 0.2) is 0 Å². The van der Waals surface area contributed by atoms with E-state index in [0.29, 0.717) is 12.6 Å². The lowest BCUT2D eigenvalue weighted by atomic mass is 10.2. The number of alkyl halides is 3. The normalized spacial score (nSPS) is 13.5. The van der Waals surface area contributed by atoms with Crippen molar-refractivity contribution < 1.29 is 18.3 Å². The Morgan fingerprint density at radius 3 is 2.59 bits per heavy atom. The van der Waals surface area contributed by atoms with Crippen LogP contribution in [0.2, 0.25) is 5.02 Å². The van der Waals surface area contributed by atoms with Crippen LogP contribution in [-0.4, -0.2) is 22.7 Å². The van der Waals surface area contributed by atoms with Crippen LogP contribution >= 0.6 is 11.6 Å². The molecule has 1 atom stereocenters. The van der Waals surface area contributed by atoms with E-state index in [1.54, 1.807) is 0 Å². The molecule has 0 aliphatic rings. The van der Waals surface area contributed by atoms with Gasteiger partial charge in [0.1, 0.15) is 5.82 Å². The third kappa shape index (κ3) is 3.74. The molecule has 17 heavy (non-hydrogen) atoms. The number of hydrogen-bond donors (Lipinski definition) is 2. The Bertz CT molecular complexity index is 380. The standard InChI is InChI=1S/C10H12ClF3N2O/c1-2-7(5-17)16-9-8(11)3-6(4-15-9)10(12,13)14/h3-4,7,17H,2,5H2,1H3,(H,15,16).